The molecule has 0 bridgehead atoms. The van der Waals surface area contributed by atoms with Crippen LogP contribution in [0.3, 0.4) is 0 Å². The van der Waals surface area contributed by atoms with Crippen molar-refractivity contribution in [3.05, 3.63) is 59.2 Å². The van der Waals surface area contributed by atoms with E-state index in [-0.39, 0.29) is 18.5 Å². The van der Waals surface area contributed by atoms with Crippen LogP contribution in [0.25, 0.3) is 11.5 Å². The molecule has 0 aliphatic carbocycles. The first-order chi connectivity index (χ1) is 12.9. The first-order valence-corrected chi connectivity index (χ1v) is 8.87. The number of ether oxygens (including phenoxy) is 1. The summed E-state index contributed by atoms with van der Waals surface area (Å²) in [6, 6.07) is 13.7. The number of nitrogens with one attached hydrogen (secondary N) is 1. The summed E-state index contributed by atoms with van der Waals surface area (Å²) in [5, 5.41) is 6.42. The summed E-state index contributed by atoms with van der Waals surface area (Å²) in [5.74, 6) is 1.16. The molecule has 0 spiro atoms. The molecule has 2 aromatic carbocycles. The average Bonchev–Trinajstić information content (AvgIpc) is 3.08. The fourth-order valence-corrected chi connectivity index (χ4v) is 2.74. The Morgan fingerprint density at radius 2 is 1.96 bits per heavy atom. The molecule has 3 rings (SSSR count). The quantitative estimate of drug-likeness (QED) is 0.696. The smallest absolute Gasteiger partial charge is 0.270 e. The van der Waals surface area contributed by atoms with Crippen molar-refractivity contribution < 1.29 is 14.1 Å². The summed E-state index contributed by atoms with van der Waals surface area (Å²) in [4.78, 5) is 16.4. The van der Waals surface area contributed by atoms with Gasteiger partial charge in [0.2, 0.25) is 0 Å². The third-order valence-electron chi connectivity index (χ3n) is 4.20. The Morgan fingerprint density at radius 3 is 2.70 bits per heavy atom. The Balaban J connectivity index is 1.64. The minimum atomic E-state index is -0.344. The second-order valence-electron chi connectivity index (χ2n) is 6.77. The maximum Gasteiger partial charge on any atom is 0.270 e. The molecule has 6 nitrogen and oxygen atoms in total. The number of nitrogens with zero attached hydrogens (tertiary/aromatic N) is 2. The van der Waals surface area contributed by atoms with Crippen molar-refractivity contribution in [3.8, 4) is 17.2 Å². The summed E-state index contributed by atoms with van der Waals surface area (Å²) in [6.45, 7) is 7.99. The van der Waals surface area contributed by atoms with Crippen molar-refractivity contribution >= 4 is 11.9 Å². The van der Waals surface area contributed by atoms with E-state index < -0.39 is 0 Å². The van der Waals surface area contributed by atoms with Gasteiger partial charge in [0, 0.05) is 5.56 Å². The predicted molar refractivity (Wildman–Crippen MR) is 104 cm³/mol. The number of carbonyl (C=O) groups excluding carboxylic acids is 1. The maximum absolute atomic E-state index is 12.2. The third kappa shape index (κ3) is 4.53. The minimum absolute atomic E-state index is 0.121. The molecule has 6 heteroatoms. The highest BCUT2D eigenvalue weighted by Crippen LogP contribution is 2.27. The second-order valence-corrected chi connectivity index (χ2v) is 6.77. The molecular weight excluding hydrogens is 342 g/mol. The van der Waals surface area contributed by atoms with Gasteiger partial charge in [-0.2, -0.15) is 4.98 Å². The number of carbonyl (C=O) groups is 1. The van der Waals surface area contributed by atoms with Gasteiger partial charge >= 0.3 is 0 Å². The largest absolute Gasteiger partial charge is 0.483 e. The summed E-state index contributed by atoms with van der Waals surface area (Å²) in [7, 11) is 0. The highest BCUT2D eigenvalue weighted by atomic mass is 16.5. The number of benzene rings is 2. The molecule has 1 amide bonds. The zero-order valence-electron chi connectivity index (χ0n) is 15.9. The monoisotopic (exact) mass is 365 g/mol. The number of aromatic nitrogens is 2. The molecule has 1 heterocycles. The number of rotatable bonds is 6. The van der Waals surface area contributed by atoms with Gasteiger partial charge in [0.15, 0.2) is 6.61 Å². The van der Waals surface area contributed by atoms with Gasteiger partial charge < -0.3 is 9.26 Å². The van der Waals surface area contributed by atoms with Crippen molar-refractivity contribution in [2.45, 2.75) is 33.6 Å². The zero-order valence-corrected chi connectivity index (χ0v) is 15.9. The van der Waals surface area contributed by atoms with E-state index in [9.17, 15) is 4.79 Å². The van der Waals surface area contributed by atoms with Crippen LogP contribution in [0.4, 0.5) is 5.95 Å². The Labute approximate surface area is 158 Å². The van der Waals surface area contributed by atoms with Gasteiger partial charge in [-0.1, -0.05) is 44.2 Å². The molecular formula is C21H23N3O3. The molecule has 0 unspecified atom stereocenters. The summed E-state index contributed by atoms with van der Waals surface area (Å²) in [5.41, 5.74) is 4.00. The molecule has 0 saturated carbocycles. The van der Waals surface area contributed by atoms with Crippen LogP contribution in [0.2, 0.25) is 0 Å². The number of aryl methyl sites for hydroxylation is 2. The second kappa shape index (κ2) is 8.03. The Morgan fingerprint density at radius 1 is 1.19 bits per heavy atom. The van der Waals surface area contributed by atoms with Crippen LogP contribution in [0.1, 0.15) is 36.5 Å². The van der Waals surface area contributed by atoms with Crippen LogP contribution in [-0.4, -0.2) is 22.7 Å². The summed E-state index contributed by atoms with van der Waals surface area (Å²) >= 11 is 0. The summed E-state index contributed by atoms with van der Waals surface area (Å²) < 4.78 is 11.0. The Hall–Kier alpha value is -3.15. The van der Waals surface area contributed by atoms with Crippen LogP contribution in [0.5, 0.6) is 5.75 Å². The van der Waals surface area contributed by atoms with E-state index in [1.54, 1.807) is 0 Å². The van der Waals surface area contributed by atoms with Crippen LogP contribution >= 0.6 is 0 Å². The van der Waals surface area contributed by atoms with E-state index in [1.165, 1.54) is 0 Å². The van der Waals surface area contributed by atoms with Crippen LogP contribution in [0.15, 0.2) is 47.0 Å². The van der Waals surface area contributed by atoms with Gasteiger partial charge in [0.05, 0.1) is 0 Å². The minimum Gasteiger partial charge on any atom is -0.483 e. The van der Waals surface area contributed by atoms with Crippen LogP contribution in [-0.2, 0) is 4.79 Å². The number of hydrogen-bond donors (Lipinski definition) is 1. The number of hydrogen-bond acceptors (Lipinski definition) is 5. The maximum atomic E-state index is 12.2. The van der Waals surface area contributed by atoms with E-state index >= 15 is 0 Å². The first kappa shape index (κ1) is 18.6. The van der Waals surface area contributed by atoms with Gasteiger partial charge in [-0.3, -0.25) is 10.1 Å². The highest BCUT2D eigenvalue weighted by molar-refractivity contribution is 5.90. The number of anilines is 1. The van der Waals surface area contributed by atoms with E-state index in [0.717, 1.165) is 22.3 Å². The fourth-order valence-electron chi connectivity index (χ4n) is 2.74. The number of amides is 1. The molecule has 1 N–H and O–H groups in total. The van der Waals surface area contributed by atoms with Crippen molar-refractivity contribution in [1.82, 2.24) is 10.1 Å². The van der Waals surface area contributed by atoms with E-state index in [1.807, 2.05) is 56.3 Å². The van der Waals surface area contributed by atoms with E-state index in [0.29, 0.717) is 17.6 Å². The topological polar surface area (TPSA) is 77.2 Å². The molecule has 0 fully saturated rings. The standard InChI is InChI=1S/C21H23N3O3/c1-13(2)16-10-9-14(3)11-18(16)26-12-19(25)22-21-23-20(27-24-21)17-8-6-5-7-15(17)4/h5-11,13H,12H2,1-4H3,(H,22,24,25). The van der Waals surface area contributed by atoms with Crippen molar-refractivity contribution in [3.63, 3.8) is 0 Å². The molecule has 3 aromatic rings. The molecule has 0 atom stereocenters. The van der Waals surface area contributed by atoms with Crippen molar-refractivity contribution in [2.75, 3.05) is 11.9 Å². The molecule has 27 heavy (non-hydrogen) atoms. The molecule has 0 saturated heterocycles. The van der Waals surface area contributed by atoms with Gasteiger partial charge in [-0.25, -0.2) is 0 Å². The van der Waals surface area contributed by atoms with Gasteiger partial charge in [0.1, 0.15) is 5.75 Å². The van der Waals surface area contributed by atoms with Crippen LogP contribution in [0, 0.1) is 13.8 Å². The molecule has 140 valence electrons. The molecule has 1 aromatic heterocycles. The Bertz CT molecular complexity index is 947. The van der Waals surface area contributed by atoms with Crippen molar-refractivity contribution in [1.29, 1.82) is 0 Å². The lowest BCUT2D eigenvalue weighted by Crippen LogP contribution is -2.21. The predicted octanol–water partition coefficient (Wildman–Crippen LogP) is 4.49. The van der Waals surface area contributed by atoms with Gasteiger partial charge in [-0.05, 0) is 53.7 Å². The molecule has 0 radical (unpaired) electrons. The fraction of sp³-hybridized carbons (Fsp3) is 0.286. The SMILES string of the molecule is Cc1ccc(C(C)C)c(OCC(=O)Nc2noc(-c3ccccc3C)n2)c1. The highest BCUT2D eigenvalue weighted by Gasteiger charge is 2.14. The molecule has 0 aliphatic rings. The van der Waals surface area contributed by atoms with Gasteiger partial charge in [-0.15, -0.1) is 0 Å². The van der Waals surface area contributed by atoms with Crippen LogP contribution < -0.4 is 10.1 Å². The third-order valence-corrected chi connectivity index (χ3v) is 4.20. The lowest BCUT2D eigenvalue weighted by Gasteiger charge is -2.14. The normalized spacial score (nSPS) is 10.9. The van der Waals surface area contributed by atoms with Gasteiger partial charge in [0.25, 0.3) is 17.7 Å². The molecule has 0 aliphatic heterocycles. The first-order valence-electron chi connectivity index (χ1n) is 8.87. The lowest BCUT2D eigenvalue weighted by molar-refractivity contribution is -0.118. The van der Waals surface area contributed by atoms with E-state index in [2.05, 4.69) is 29.3 Å². The summed E-state index contributed by atoms with van der Waals surface area (Å²) in [6.07, 6.45) is 0. The zero-order chi connectivity index (χ0) is 19.4. The average molecular weight is 365 g/mol. The lowest BCUT2D eigenvalue weighted by atomic mass is 10.0. The van der Waals surface area contributed by atoms with E-state index in [4.69, 9.17) is 9.26 Å². The Kier molecular flexibility index (Phi) is 5.54. The van der Waals surface area contributed by atoms with Crippen molar-refractivity contribution in [2.24, 2.45) is 0 Å².